The summed E-state index contributed by atoms with van der Waals surface area (Å²) in [6, 6.07) is 1.85. The van der Waals surface area contributed by atoms with Crippen LogP contribution in [0, 0.1) is 11.3 Å². The van der Waals surface area contributed by atoms with Crippen molar-refractivity contribution in [3.05, 3.63) is 11.8 Å². The minimum absolute atomic E-state index is 0.105. The molecule has 0 radical (unpaired) electrons. The number of sulfone groups is 1. The fourth-order valence-electron chi connectivity index (χ4n) is 3.06. The van der Waals surface area contributed by atoms with Gasteiger partial charge >= 0.3 is 0 Å². The molecule has 122 valence electrons. The van der Waals surface area contributed by atoms with Gasteiger partial charge in [-0.25, -0.2) is 8.42 Å². The SMILES string of the molecule is CCN(/C=C(/C#N)C(=O)N1CCCCC1)C1CCS(=O)(=O)C1. The van der Waals surface area contributed by atoms with E-state index >= 15 is 0 Å². The lowest BCUT2D eigenvalue weighted by Gasteiger charge is -2.28. The van der Waals surface area contributed by atoms with Crippen molar-refractivity contribution >= 4 is 15.7 Å². The maximum atomic E-state index is 12.4. The molecule has 22 heavy (non-hydrogen) atoms. The van der Waals surface area contributed by atoms with Gasteiger partial charge in [0.05, 0.1) is 11.5 Å². The predicted molar refractivity (Wildman–Crippen MR) is 83.6 cm³/mol. The van der Waals surface area contributed by atoms with Crippen LogP contribution in [0.15, 0.2) is 11.8 Å². The Morgan fingerprint density at radius 1 is 1.36 bits per heavy atom. The first-order valence-electron chi connectivity index (χ1n) is 7.84. The molecule has 7 heteroatoms. The van der Waals surface area contributed by atoms with Crippen molar-refractivity contribution in [1.29, 1.82) is 5.26 Å². The van der Waals surface area contributed by atoms with E-state index < -0.39 is 9.84 Å². The van der Waals surface area contributed by atoms with E-state index in [2.05, 4.69) is 0 Å². The van der Waals surface area contributed by atoms with Crippen molar-refractivity contribution in [2.75, 3.05) is 31.1 Å². The summed E-state index contributed by atoms with van der Waals surface area (Å²) in [5.41, 5.74) is 0.105. The normalized spacial score (nSPS) is 24.8. The van der Waals surface area contributed by atoms with E-state index in [1.54, 1.807) is 11.1 Å². The van der Waals surface area contributed by atoms with Gasteiger partial charge in [-0.2, -0.15) is 5.26 Å². The third-order valence-electron chi connectivity index (χ3n) is 4.33. The first-order valence-corrected chi connectivity index (χ1v) is 9.66. The summed E-state index contributed by atoms with van der Waals surface area (Å²) in [4.78, 5) is 16.0. The Labute approximate surface area is 132 Å². The maximum Gasteiger partial charge on any atom is 0.266 e. The number of nitrogens with zero attached hydrogens (tertiary/aromatic N) is 3. The molecule has 0 bridgehead atoms. The van der Waals surface area contributed by atoms with E-state index in [9.17, 15) is 18.5 Å². The maximum absolute atomic E-state index is 12.4. The van der Waals surface area contributed by atoms with E-state index in [4.69, 9.17) is 0 Å². The summed E-state index contributed by atoms with van der Waals surface area (Å²) in [7, 11) is -2.98. The molecule has 0 aromatic heterocycles. The van der Waals surface area contributed by atoms with Gasteiger partial charge in [-0.15, -0.1) is 0 Å². The topological polar surface area (TPSA) is 81.5 Å². The monoisotopic (exact) mass is 325 g/mol. The molecule has 1 amide bonds. The summed E-state index contributed by atoms with van der Waals surface area (Å²) in [5, 5.41) is 9.31. The van der Waals surface area contributed by atoms with Crippen LogP contribution in [0.5, 0.6) is 0 Å². The van der Waals surface area contributed by atoms with Gasteiger partial charge in [0.1, 0.15) is 11.6 Å². The average molecular weight is 325 g/mol. The van der Waals surface area contributed by atoms with Gasteiger partial charge in [0.15, 0.2) is 9.84 Å². The van der Waals surface area contributed by atoms with Gasteiger partial charge in [-0.3, -0.25) is 4.79 Å². The molecule has 6 nitrogen and oxygen atoms in total. The zero-order chi connectivity index (χ0) is 16.2. The van der Waals surface area contributed by atoms with Crippen LogP contribution in [0.1, 0.15) is 32.6 Å². The molecule has 2 aliphatic rings. The number of amides is 1. The van der Waals surface area contributed by atoms with Crippen LogP contribution >= 0.6 is 0 Å². The quantitative estimate of drug-likeness (QED) is 0.567. The van der Waals surface area contributed by atoms with Crippen molar-refractivity contribution in [2.24, 2.45) is 0 Å². The summed E-state index contributed by atoms with van der Waals surface area (Å²) >= 11 is 0. The first kappa shape index (κ1) is 16.8. The highest BCUT2D eigenvalue weighted by atomic mass is 32.2. The van der Waals surface area contributed by atoms with E-state index in [1.807, 2.05) is 17.9 Å². The minimum Gasteiger partial charge on any atom is -0.372 e. The van der Waals surface area contributed by atoms with Crippen LogP contribution in [-0.4, -0.2) is 61.3 Å². The Morgan fingerprint density at radius 2 is 2.05 bits per heavy atom. The number of likely N-dealkylation sites (tertiary alicyclic amines) is 1. The largest absolute Gasteiger partial charge is 0.372 e. The Balaban J connectivity index is 2.12. The molecule has 0 aromatic rings. The molecular formula is C15H23N3O3S. The molecule has 2 rings (SSSR count). The third-order valence-corrected chi connectivity index (χ3v) is 6.08. The minimum atomic E-state index is -2.98. The van der Waals surface area contributed by atoms with Crippen LogP contribution in [0.4, 0.5) is 0 Å². The van der Waals surface area contributed by atoms with E-state index in [-0.39, 0.29) is 29.0 Å². The molecule has 2 saturated heterocycles. The number of carbonyl (C=O) groups is 1. The standard InChI is InChI=1S/C15H23N3O3S/c1-2-17(14-6-9-22(20,21)12-14)11-13(10-16)15(19)18-7-4-3-5-8-18/h11,14H,2-9,12H2,1H3/b13-11-. The Kier molecular flexibility index (Phi) is 5.46. The highest BCUT2D eigenvalue weighted by Crippen LogP contribution is 2.19. The van der Waals surface area contributed by atoms with Crippen molar-refractivity contribution in [3.8, 4) is 6.07 Å². The lowest BCUT2D eigenvalue weighted by molar-refractivity contribution is -0.127. The smallest absolute Gasteiger partial charge is 0.266 e. The Morgan fingerprint density at radius 3 is 2.55 bits per heavy atom. The first-order chi connectivity index (χ1) is 10.5. The lowest BCUT2D eigenvalue weighted by Crippen LogP contribution is -2.38. The molecule has 0 spiro atoms. The van der Waals surface area contributed by atoms with Crippen molar-refractivity contribution in [3.63, 3.8) is 0 Å². The van der Waals surface area contributed by atoms with Crippen LogP contribution in [-0.2, 0) is 14.6 Å². The zero-order valence-electron chi connectivity index (χ0n) is 13.0. The molecule has 1 unspecified atom stereocenters. The summed E-state index contributed by atoms with van der Waals surface area (Å²) in [5.74, 6) is 0.0549. The van der Waals surface area contributed by atoms with Crippen LogP contribution in [0.3, 0.4) is 0 Å². The molecule has 0 N–H and O–H groups in total. The van der Waals surface area contributed by atoms with Crippen molar-refractivity contribution in [2.45, 2.75) is 38.6 Å². The van der Waals surface area contributed by atoms with Crippen LogP contribution in [0.25, 0.3) is 0 Å². The highest BCUT2D eigenvalue weighted by molar-refractivity contribution is 7.91. The van der Waals surface area contributed by atoms with Crippen molar-refractivity contribution < 1.29 is 13.2 Å². The van der Waals surface area contributed by atoms with Crippen LogP contribution < -0.4 is 0 Å². The van der Waals surface area contributed by atoms with Gasteiger partial charge in [-0.05, 0) is 32.6 Å². The van der Waals surface area contributed by atoms with E-state index in [1.165, 1.54) is 0 Å². The molecule has 1 atom stereocenters. The number of carbonyl (C=O) groups excluding carboxylic acids is 1. The van der Waals surface area contributed by atoms with Gasteiger partial charge in [0.25, 0.3) is 5.91 Å². The fraction of sp³-hybridized carbons (Fsp3) is 0.733. The van der Waals surface area contributed by atoms with Gasteiger partial charge in [-0.1, -0.05) is 0 Å². The molecular weight excluding hydrogens is 302 g/mol. The lowest BCUT2D eigenvalue weighted by atomic mass is 10.1. The number of hydrogen-bond acceptors (Lipinski definition) is 5. The van der Waals surface area contributed by atoms with Gasteiger partial charge < -0.3 is 9.80 Å². The third kappa shape index (κ3) is 4.01. The molecule has 0 aliphatic carbocycles. The van der Waals surface area contributed by atoms with E-state index in [0.29, 0.717) is 26.1 Å². The second-order valence-electron chi connectivity index (χ2n) is 5.89. The summed E-state index contributed by atoms with van der Waals surface area (Å²) in [6.45, 7) is 3.88. The number of hydrogen-bond donors (Lipinski definition) is 0. The Bertz CT molecular complexity index is 586. The van der Waals surface area contributed by atoms with Gasteiger partial charge in [0, 0.05) is 31.9 Å². The fourth-order valence-corrected chi connectivity index (χ4v) is 4.80. The molecule has 2 heterocycles. The number of piperidine rings is 1. The van der Waals surface area contributed by atoms with Gasteiger partial charge in [0.2, 0.25) is 0 Å². The number of nitriles is 1. The number of rotatable bonds is 4. The molecule has 2 aliphatic heterocycles. The highest BCUT2D eigenvalue weighted by Gasteiger charge is 2.31. The predicted octanol–water partition coefficient (Wildman–Crippen LogP) is 0.915. The zero-order valence-corrected chi connectivity index (χ0v) is 13.8. The second kappa shape index (κ2) is 7.14. The summed E-state index contributed by atoms with van der Waals surface area (Å²) < 4.78 is 23.2. The van der Waals surface area contributed by atoms with Crippen molar-refractivity contribution in [1.82, 2.24) is 9.80 Å². The molecule has 0 saturated carbocycles. The molecule has 0 aromatic carbocycles. The van der Waals surface area contributed by atoms with E-state index in [0.717, 1.165) is 19.3 Å². The van der Waals surface area contributed by atoms with Crippen LogP contribution in [0.2, 0.25) is 0 Å². The summed E-state index contributed by atoms with van der Waals surface area (Å²) in [6.07, 6.45) is 5.19. The Hall–Kier alpha value is -1.55. The molecule has 2 fully saturated rings. The average Bonchev–Trinajstić information content (AvgIpc) is 2.89. The second-order valence-corrected chi connectivity index (χ2v) is 8.12.